The third-order valence-electron chi connectivity index (χ3n) is 3.24. The molecule has 0 bridgehead atoms. The topological polar surface area (TPSA) is 51.3 Å². The molecule has 18 heavy (non-hydrogen) atoms. The third kappa shape index (κ3) is 1.99. The van der Waals surface area contributed by atoms with E-state index in [1.54, 1.807) is 6.20 Å². The highest BCUT2D eigenvalue weighted by Gasteiger charge is 2.18. The fourth-order valence-corrected chi connectivity index (χ4v) is 2.22. The van der Waals surface area contributed by atoms with Crippen molar-refractivity contribution in [3.63, 3.8) is 0 Å². The van der Waals surface area contributed by atoms with E-state index in [-0.39, 0.29) is 11.5 Å². The number of fused-ring (bicyclic) bond motifs is 1. The van der Waals surface area contributed by atoms with Crippen molar-refractivity contribution in [1.82, 2.24) is 4.98 Å². The van der Waals surface area contributed by atoms with Crippen LogP contribution in [0.5, 0.6) is 5.75 Å². The Bertz CT molecular complexity index is 626. The molecule has 1 unspecified atom stereocenters. The van der Waals surface area contributed by atoms with Gasteiger partial charge in [0.1, 0.15) is 11.9 Å². The Kier molecular flexibility index (Phi) is 2.80. The standard InChI is InChI=1S/C14H15NO3/c1-9-6-11-12(15-4-2-13(11)16)7-14(9)18-10-3-5-17-8-10/h2,4,6-7,10H,3,5,8H2,1H3,(H,15,16). The average molecular weight is 245 g/mol. The first kappa shape index (κ1) is 11.3. The summed E-state index contributed by atoms with van der Waals surface area (Å²) >= 11 is 0. The summed E-state index contributed by atoms with van der Waals surface area (Å²) in [6, 6.07) is 5.30. The quantitative estimate of drug-likeness (QED) is 0.880. The molecule has 0 spiro atoms. The largest absolute Gasteiger partial charge is 0.488 e. The number of hydrogen-bond donors (Lipinski definition) is 1. The summed E-state index contributed by atoms with van der Waals surface area (Å²) in [5.74, 6) is 0.819. The van der Waals surface area contributed by atoms with E-state index in [1.165, 1.54) is 6.07 Å². The normalized spacial score (nSPS) is 19.3. The predicted molar refractivity (Wildman–Crippen MR) is 69.2 cm³/mol. The minimum atomic E-state index is 0.0302. The number of rotatable bonds is 2. The maximum Gasteiger partial charge on any atom is 0.189 e. The highest BCUT2D eigenvalue weighted by Crippen LogP contribution is 2.25. The second-order valence-corrected chi connectivity index (χ2v) is 4.61. The number of aryl methyl sites for hydroxylation is 1. The number of benzene rings is 1. The Morgan fingerprint density at radius 3 is 3.11 bits per heavy atom. The van der Waals surface area contributed by atoms with Crippen LogP contribution in [-0.4, -0.2) is 24.3 Å². The number of aromatic amines is 1. The minimum Gasteiger partial charge on any atom is -0.488 e. The van der Waals surface area contributed by atoms with Crippen LogP contribution in [-0.2, 0) is 4.74 Å². The van der Waals surface area contributed by atoms with Crippen molar-refractivity contribution >= 4 is 10.9 Å². The molecular weight excluding hydrogens is 230 g/mol. The molecule has 1 aliphatic heterocycles. The van der Waals surface area contributed by atoms with Crippen molar-refractivity contribution in [3.8, 4) is 5.75 Å². The molecule has 2 heterocycles. The lowest BCUT2D eigenvalue weighted by molar-refractivity contribution is 0.141. The van der Waals surface area contributed by atoms with E-state index in [4.69, 9.17) is 9.47 Å². The second kappa shape index (κ2) is 4.46. The van der Waals surface area contributed by atoms with Gasteiger partial charge in [-0.05, 0) is 18.6 Å². The Hall–Kier alpha value is -1.81. The Balaban J connectivity index is 2.02. The van der Waals surface area contributed by atoms with E-state index < -0.39 is 0 Å². The predicted octanol–water partition coefficient (Wildman–Crippen LogP) is 2.00. The van der Waals surface area contributed by atoms with Gasteiger partial charge in [0, 0.05) is 30.1 Å². The number of pyridine rings is 1. The Morgan fingerprint density at radius 1 is 1.44 bits per heavy atom. The van der Waals surface area contributed by atoms with Gasteiger partial charge in [0.25, 0.3) is 0 Å². The van der Waals surface area contributed by atoms with Crippen molar-refractivity contribution < 1.29 is 9.47 Å². The van der Waals surface area contributed by atoms with E-state index in [0.717, 1.165) is 29.9 Å². The monoisotopic (exact) mass is 245 g/mol. The molecule has 3 rings (SSSR count). The molecule has 1 saturated heterocycles. The molecule has 4 heteroatoms. The highest BCUT2D eigenvalue weighted by molar-refractivity contribution is 5.80. The van der Waals surface area contributed by atoms with Crippen LogP contribution in [0.15, 0.2) is 29.2 Å². The molecular formula is C14H15NO3. The molecule has 1 fully saturated rings. The maximum absolute atomic E-state index is 11.7. The summed E-state index contributed by atoms with van der Waals surface area (Å²) in [5, 5.41) is 0.699. The summed E-state index contributed by atoms with van der Waals surface area (Å²) < 4.78 is 11.2. The van der Waals surface area contributed by atoms with Crippen LogP contribution in [0.1, 0.15) is 12.0 Å². The van der Waals surface area contributed by atoms with Crippen molar-refractivity contribution in [1.29, 1.82) is 0 Å². The van der Waals surface area contributed by atoms with Gasteiger partial charge in [0.15, 0.2) is 5.43 Å². The van der Waals surface area contributed by atoms with E-state index >= 15 is 0 Å². The van der Waals surface area contributed by atoms with Gasteiger partial charge in [-0.3, -0.25) is 4.79 Å². The molecule has 2 aromatic rings. The molecule has 0 amide bonds. The Labute approximate surface area is 105 Å². The van der Waals surface area contributed by atoms with Gasteiger partial charge >= 0.3 is 0 Å². The van der Waals surface area contributed by atoms with Crippen molar-refractivity contribution in [2.24, 2.45) is 0 Å². The molecule has 4 nitrogen and oxygen atoms in total. The van der Waals surface area contributed by atoms with Crippen LogP contribution >= 0.6 is 0 Å². The summed E-state index contributed by atoms with van der Waals surface area (Å²) in [4.78, 5) is 14.8. The van der Waals surface area contributed by atoms with E-state index in [1.807, 2.05) is 19.1 Å². The average Bonchev–Trinajstić information content (AvgIpc) is 2.84. The maximum atomic E-state index is 11.7. The number of hydrogen-bond acceptors (Lipinski definition) is 3. The number of aromatic nitrogens is 1. The zero-order chi connectivity index (χ0) is 12.5. The first-order valence-electron chi connectivity index (χ1n) is 6.10. The zero-order valence-electron chi connectivity index (χ0n) is 10.2. The van der Waals surface area contributed by atoms with Gasteiger partial charge in [0.05, 0.1) is 18.7 Å². The van der Waals surface area contributed by atoms with Crippen LogP contribution in [0.25, 0.3) is 10.9 Å². The smallest absolute Gasteiger partial charge is 0.189 e. The lowest BCUT2D eigenvalue weighted by Gasteiger charge is -2.14. The van der Waals surface area contributed by atoms with Crippen LogP contribution in [0.2, 0.25) is 0 Å². The van der Waals surface area contributed by atoms with Crippen molar-refractivity contribution in [3.05, 3.63) is 40.2 Å². The van der Waals surface area contributed by atoms with E-state index in [2.05, 4.69) is 4.98 Å². The molecule has 0 aliphatic carbocycles. The minimum absolute atomic E-state index is 0.0302. The molecule has 1 aromatic heterocycles. The zero-order valence-corrected chi connectivity index (χ0v) is 10.2. The summed E-state index contributed by atoms with van der Waals surface area (Å²) in [6.07, 6.45) is 2.70. The van der Waals surface area contributed by atoms with Crippen molar-refractivity contribution in [2.45, 2.75) is 19.4 Å². The van der Waals surface area contributed by atoms with Crippen molar-refractivity contribution in [2.75, 3.05) is 13.2 Å². The lowest BCUT2D eigenvalue weighted by atomic mass is 10.1. The summed E-state index contributed by atoms with van der Waals surface area (Å²) in [6.45, 7) is 3.36. The van der Waals surface area contributed by atoms with Gasteiger partial charge in [-0.1, -0.05) is 0 Å². The van der Waals surface area contributed by atoms with Crippen LogP contribution < -0.4 is 10.2 Å². The number of ether oxygens (including phenoxy) is 2. The van der Waals surface area contributed by atoms with Crippen LogP contribution in [0.4, 0.5) is 0 Å². The molecule has 0 radical (unpaired) electrons. The fraction of sp³-hybridized carbons (Fsp3) is 0.357. The van der Waals surface area contributed by atoms with Crippen LogP contribution in [0, 0.1) is 6.92 Å². The lowest BCUT2D eigenvalue weighted by Crippen LogP contribution is -2.16. The third-order valence-corrected chi connectivity index (χ3v) is 3.24. The SMILES string of the molecule is Cc1cc2c(=O)cc[nH]c2cc1OC1CCOC1. The number of nitrogens with one attached hydrogen (secondary N) is 1. The molecule has 1 aromatic carbocycles. The first-order valence-corrected chi connectivity index (χ1v) is 6.10. The highest BCUT2D eigenvalue weighted by atomic mass is 16.5. The number of H-pyrrole nitrogens is 1. The fourth-order valence-electron chi connectivity index (χ4n) is 2.22. The Morgan fingerprint density at radius 2 is 2.33 bits per heavy atom. The van der Waals surface area contributed by atoms with E-state index in [0.29, 0.717) is 12.0 Å². The van der Waals surface area contributed by atoms with Gasteiger partial charge in [-0.25, -0.2) is 0 Å². The van der Waals surface area contributed by atoms with Gasteiger partial charge in [-0.2, -0.15) is 0 Å². The second-order valence-electron chi connectivity index (χ2n) is 4.61. The molecule has 1 N–H and O–H groups in total. The van der Waals surface area contributed by atoms with E-state index in [9.17, 15) is 4.79 Å². The molecule has 0 saturated carbocycles. The van der Waals surface area contributed by atoms with Gasteiger partial charge in [-0.15, -0.1) is 0 Å². The van der Waals surface area contributed by atoms with Crippen LogP contribution in [0.3, 0.4) is 0 Å². The molecule has 1 aliphatic rings. The van der Waals surface area contributed by atoms with Gasteiger partial charge in [0.2, 0.25) is 0 Å². The van der Waals surface area contributed by atoms with Gasteiger partial charge < -0.3 is 14.5 Å². The molecule has 1 atom stereocenters. The summed E-state index contributed by atoms with van der Waals surface area (Å²) in [7, 11) is 0. The summed E-state index contributed by atoms with van der Waals surface area (Å²) in [5.41, 5.74) is 1.82. The molecule has 94 valence electrons. The first-order chi connectivity index (χ1) is 8.74.